The van der Waals surface area contributed by atoms with Crippen molar-refractivity contribution >= 4 is 5.69 Å². The van der Waals surface area contributed by atoms with E-state index in [0.29, 0.717) is 0 Å². The largest absolute Gasteiger partial charge is 0.497 e. The lowest BCUT2D eigenvalue weighted by molar-refractivity contribution is 0.314. The minimum absolute atomic E-state index is 0.388. The Balaban J connectivity index is 2.08. The molecular weight excluding hydrogens is 224 g/mol. The lowest BCUT2D eigenvalue weighted by Crippen LogP contribution is -2.40. The second-order valence-electron chi connectivity index (χ2n) is 5.23. The van der Waals surface area contributed by atoms with Crippen molar-refractivity contribution in [1.82, 2.24) is 0 Å². The molecule has 3 heteroatoms. The summed E-state index contributed by atoms with van der Waals surface area (Å²) in [5.41, 5.74) is 0.605. The second kappa shape index (κ2) is 5.30. The third kappa shape index (κ3) is 2.76. The van der Waals surface area contributed by atoms with Crippen molar-refractivity contribution in [3.05, 3.63) is 24.3 Å². The zero-order valence-electron chi connectivity index (χ0n) is 11.1. The summed E-state index contributed by atoms with van der Waals surface area (Å²) in [5.74, 6) is 1.58. The predicted molar refractivity (Wildman–Crippen MR) is 72.6 cm³/mol. The Hall–Kier alpha value is -1.69. The first-order valence-corrected chi connectivity index (χ1v) is 6.51. The molecule has 96 valence electrons. The lowest BCUT2D eigenvalue weighted by Gasteiger charge is -2.35. The minimum atomic E-state index is -0.388. The zero-order valence-corrected chi connectivity index (χ0v) is 11.1. The first-order chi connectivity index (χ1) is 8.67. The average molecular weight is 244 g/mol. The lowest BCUT2D eigenvalue weighted by atomic mass is 9.78. The third-order valence-electron chi connectivity index (χ3n) is 3.82. The Morgan fingerprint density at radius 1 is 1.28 bits per heavy atom. The Kier molecular flexibility index (Phi) is 3.76. The molecule has 0 heterocycles. The van der Waals surface area contributed by atoms with E-state index in [4.69, 9.17) is 4.74 Å². The summed E-state index contributed by atoms with van der Waals surface area (Å²) < 4.78 is 5.13. The number of nitriles is 1. The predicted octanol–water partition coefficient (Wildman–Crippen LogP) is 3.58. The highest BCUT2D eigenvalue weighted by molar-refractivity contribution is 5.50. The number of benzene rings is 1. The summed E-state index contributed by atoms with van der Waals surface area (Å²) >= 11 is 0. The molecule has 2 rings (SSSR count). The van der Waals surface area contributed by atoms with Crippen LogP contribution in [0.2, 0.25) is 0 Å². The van der Waals surface area contributed by atoms with Crippen LogP contribution in [-0.4, -0.2) is 12.6 Å². The van der Waals surface area contributed by atoms with Crippen molar-refractivity contribution in [3.8, 4) is 11.8 Å². The first kappa shape index (κ1) is 12.8. The molecule has 0 amide bonds. The van der Waals surface area contributed by atoms with Crippen LogP contribution < -0.4 is 10.1 Å². The Morgan fingerprint density at radius 3 is 2.39 bits per heavy atom. The van der Waals surface area contributed by atoms with Crippen LogP contribution in [0.5, 0.6) is 5.75 Å². The van der Waals surface area contributed by atoms with Gasteiger partial charge in [-0.15, -0.1) is 0 Å². The molecule has 0 aliphatic heterocycles. The zero-order chi connectivity index (χ0) is 13.0. The van der Waals surface area contributed by atoms with Gasteiger partial charge in [0.05, 0.1) is 13.2 Å². The highest BCUT2D eigenvalue weighted by Crippen LogP contribution is 2.34. The standard InChI is InChI=1S/C15H20N2O/c1-12-7-9-15(11-16,10-8-12)17-13-3-5-14(18-2)6-4-13/h3-6,12,17H,7-10H2,1-2H3. The summed E-state index contributed by atoms with van der Waals surface area (Å²) in [5, 5.41) is 12.9. The minimum Gasteiger partial charge on any atom is -0.497 e. The fourth-order valence-electron chi connectivity index (χ4n) is 2.47. The van der Waals surface area contributed by atoms with E-state index in [1.165, 1.54) is 0 Å². The molecule has 1 aliphatic carbocycles. The van der Waals surface area contributed by atoms with Crippen LogP contribution in [0, 0.1) is 17.2 Å². The molecule has 1 aliphatic rings. The van der Waals surface area contributed by atoms with Gasteiger partial charge >= 0.3 is 0 Å². The maximum atomic E-state index is 9.45. The normalized spacial score (nSPS) is 27.3. The van der Waals surface area contributed by atoms with E-state index in [1.807, 2.05) is 24.3 Å². The van der Waals surface area contributed by atoms with Gasteiger partial charge in [0.1, 0.15) is 11.3 Å². The van der Waals surface area contributed by atoms with Gasteiger partial charge in [0.15, 0.2) is 0 Å². The van der Waals surface area contributed by atoms with Crippen LogP contribution in [0.25, 0.3) is 0 Å². The van der Waals surface area contributed by atoms with E-state index < -0.39 is 0 Å². The highest BCUT2D eigenvalue weighted by Gasteiger charge is 2.34. The summed E-state index contributed by atoms with van der Waals surface area (Å²) in [6.45, 7) is 2.26. The van der Waals surface area contributed by atoms with Crippen LogP contribution in [0.4, 0.5) is 5.69 Å². The number of rotatable bonds is 3. The maximum absolute atomic E-state index is 9.45. The maximum Gasteiger partial charge on any atom is 0.125 e. The molecule has 0 unspecified atom stereocenters. The summed E-state index contributed by atoms with van der Waals surface area (Å²) in [6, 6.07) is 10.2. The van der Waals surface area contributed by atoms with Gasteiger partial charge < -0.3 is 10.1 Å². The quantitative estimate of drug-likeness (QED) is 0.884. The first-order valence-electron chi connectivity index (χ1n) is 6.51. The third-order valence-corrected chi connectivity index (χ3v) is 3.82. The van der Waals surface area contributed by atoms with Gasteiger partial charge in [-0.25, -0.2) is 0 Å². The number of anilines is 1. The van der Waals surface area contributed by atoms with Crippen molar-refractivity contribution in [1.29, 1.82) is 5.26 Å². The smallest absolute Gasteiger partial charge is 0.125 e. The van der Waals surface area contributed by atoms with E-state index in [0.717, 1.165) is 43.0 Å². The molecule has 1 saturated carbocycles. The van der Waals surface area contributed by atoms with Crippen molar-refractivity contribution in [3.63, 3.8) is 0 Å². The van der Waals surface area contributed by atoms with E-state index in [2.05, 4.69) is 18.3 Å². The van der Waals surface area contributed by atoms with E-state index >= 15 is 0 Å². The number of ether oxygens (including phenoxy) is 1. The van der Waals surface area contributed by atoms with Crippen molar-refractivity contribution in [2.24, 2.45) is 5.92 Å². The van der Waals surface area contributed by atoms with Crippen LogP contribution in [0.1, 0.15) is 32.6 Å². The molecule has 1 N–H and O–H groups in total. The fourth-order valence-corrected chi connectivity index (χ4v) is 2.47. The average Bonchev–Trinajstić information content (AvgIpc) is 2.43. The molecule has 1 aromatic rings. The molecule has 1 aromatic carbocycles. The molecule has 0 saturated heterocycles. The Morgan fingerprint density at radius 2 is 1.89 bits per heavy atom. The Bertz CT molecular complexity index is 425. The molecule has 3 nitrogen and oxygen atoms in total. The number of methoxy groups -OCH3 is 1. The van der Waals surface area contributed by atoms with E-state index in [1.54, 1.807) is 7.11 Å². The second-order valence-corrected chi connectivity index (χ2v) is 5.23. The number of nitrogens with zero attached hydrogens (tertiary/aromatic N) is 1. The molecule has 0 radical (unpaired) electrons. The van der Waals surface area contributed by atoms with Crippen molar-refractivity contribution in [2.75, 3.05) is 12.4 Å². The van der Waals surface area contributed by atoms with Gasteiger partial charge in [-0.05, 0) is 55.9 Å². The topological polar surface area (TPSA) is 45.0 Å². The molecule has 0 bridgehead atoms. The highest BCUT2D eigenvalue weighted by atomic mass is 16.5. The summed E-state index contributed by atoms with van der Waals surface area (Å²) in [4.78, 5) is 0. The monoisotopic (exact) mass is 244 g/mol. The summed E-state index contributed by atoms with van der Waals surface area (Å²) in [6.07, 6.45) is 4.10. The van der Waals surface area contributed by atoms with Crippen LogP contribution in [0.15, 0.2) is 24.3 Å². The van der Waals surface area contributed by atoms with Gasteiger partial charge in [0, 0.05) is 5.69 Å². The van der Waals surface area contributed by atoms with E-state index in [-0.39, 0.29) is 5.54 Å². The van der Waals surface area contributed by atoms with Crippen LogP contribution >= 0.6 is 0 Å². The van der Waals surface area contributed by atoms with Gasteiger partial charge in [0.25, 0.3) is 0 Å². The number of nitrogens with one attached hydrogen (secondary N) is 1. The number of hydrogen-bond donors (Lipinski definition) is 1. The molecule has 0 aromatic heterocycles. The summed E-state index contributed by atoms with van der Waals surface area (Å²) in [7, 11) is 1.65. The van der Waals surface area contributed by atoms with Crippen molar-refractivity contribution in [2.45, 2.75) is 38.1 Å². The molecular formula is C15H20N2O. The van der Waals surface area contributed by atoms with Gasteiger partial charge in [0.2, 0.25) is 0 Å². The van der Waals surface area contributed by atoms with Crippen LogP contribution in [0.3, 0.4) is 0 Å². The van der Waals surface area contributed by atoms with Gasteiger partial charge in [-0.1, -0.05) is 6.92 Å². The SMILES string of the molecule is COc1ccc(NC2(C#N)CCC(C)CC2)cc1. The van der Waals surface area contributed by atoms with Gasteiger partial charge in [-0.2, -0.15) is 5.26 Å². The molecule has 18 heavy (non-hydrogen) atoms. The van der Waals surface area contributed by atoms with Crippen molar-refractivity contribution < 1.29 is 4.74 Å². The number of hydrogen-bond acceptors (Lipinski definition) is 3. The molecule has 0 atom stereocenters. The van der Waals surface area contributed by atoms with Gasteiger partial charge in [-0.3, -0.25) is 0 Å². The Labute approximate surface area is 109 Å². The molecule has 0 spiro atoms. The van der Waals surface area contributed by atoms with Crippen LogP contribution in [-0.2, 0) is 0 Å². The fraction of sp³-hybridized carbons (Fsp3) is 0.533. The van der Waals surface area contributed by atoms with E-state index in [9.17, 15) is 5.26 Å². The molecule has 1 fully saturated rings.